The normalized spacial score (nSPS) is 10.4. The lowest BCUT2D eigenvalue weighted by Gasteiger charge is -2.12. The molecule has 0 amide bonds. The third-order valence-corrected chi connectivity index (χ3v) is 3.95. The van der Waals surface area contributed by atoms with E-state index in [1.54, 1.807) is 49.4 Å². The Morgan fingerprint density at radius 2 is 1.85 bits per heavy atom. The Labute approximate surface area is 160 Å². The van der Waals surface area contributed by atoms with E-state index in [1.807, 2.05) is 0 Å². The fraction of sp³-hybridized carbons (Fsp3) is 0.105. The number of rotatable bonds is 5. The summed E-state index contributed by atoms with van der Waals surface area (Å²) in [6, 6.07) is 12.6. The van der Waals surface area contributed by atoms with Gasteiger partial charge in [0.05, 0.1) is 29.1 Å². The zero-order valence-electron chi connectivity index (χ0n) is 14.6. The third-order valence-electron chi connectivity index (χ3n) is 3.62. The number of anilines is 4. The molecule has 2 N–H and O–H groups in total. The number of esters is 1. The predicted molar refractivity (Wildman–Crippen MR) is 103 cm³/mol. The van der Waals surface area contributed by atoms with Crippen molar-refractivity contribution < 1.29 is 13.9 Å². The molecule has 6 nitrogen and oxygen atoms in total. The van der Waals surface area contributed by atoms with Crippen LogP contribution in [0.5, 0.6) is 0 Å². The Morgan fingerprint density at radius 3 is 2.59 bits per heavy atom. The van der Waals surface area contributed by atoms with Gasteiger partial charge in [0, 0.05) is 11.8 Å². The molecule has 0 spiro atoms. The van der Waals surface area contributed by atoms with Gasteiger partial charge in [-0.2, -0.15) is 4.98 Å². The quantitative estimate of drug-likeness (QED) is 0.610. The number of ether oxygens (including phenoxy) is 1. The minimum absolute atomic E-state index is 0.248. The first-order valence-electron chi connectivity index (χ1n) is 7.98. The summed E-state index contributed by atoms with van der Waals surface area (Å²) >= 11 is 6.19. The summed E-state index contributed by atoms with van der Waals surface area (Å²) in [5.74, 6) is -0.216. The van der Waals surface area contributed by atoms with Gasteiger partial charge in [0.2, 0.25) is 5.95 Å². The lowest BCUT2D eigenvalue weighted by Crippen LogP contribution is -2.05. The maximum atomic E-state index is 13.8. The van der Waals surface area contributed by atoms with Gasteiger partial charge in [-0.25, -0.2) is 14.2 Å². The molecular weight excluding hydrogens is 371 g/mol. The number of hydrogen-bond donors (Lipinski definition) is 2. The molecular formula is C19H16ClFN4O2. The second-order valence-electron chi connectivity index (χ2n) is 5.63. The van der Waals surface area contributed by atoms with E-state index in [0.29, 0.717) is 33.5 Å². The van der Waals surface area contributed by atoms with Crippen molar-refractivity contribution in [3.05, 3.63) is 70.6 Å². The highest BCUT2D eigenvalue weighted by molar-refractivity contribution is 6.33. The number of benzene rings is 2. The summed E-state index contributed by atoms with van der Waals surface area (Å²) in [7, 11) is 1.30. The monoisotopic (exact) mass is 386 g/mol. The average Bonchev–Trinajstić information content (AvgIpc) is 2.64. The van der Waals surface area contributed by atoms with Crippen LogP contribution in [0.1, 0.15) is 16.1 Å². The number of hydrogen-bond acceptors (Lipinski definition) is 6. The molecule has 138 valence electrons. The van der Waals surface area contributed by atoms with Gasteiger partial charge in [-0.15, -0.1) is 0 Å². The number of para-hydroxylation sites is 1. The topological polar surface area (TPSA) is 76.1 Å². The molecule has 2 aromatic carbocycles. The fourth-order valence-electron chi connectivity index (χ4n) is 2.38. The Balaban J connectivity index is 1.89. The van der Waals surface area contributed by atoms with Crippen molar-refractivity contribution in [2.24, 2.45) is 0 Å². The molecule has 0 atom stereocenters. The maximum Gasteiger partial charge on any atom is 0.337 e. The van der Waals surface area contributed by atoms with E-state index in [4.69, 9.17) is 16.3 Å². The molecule has 8 heteroatoms. The number of methoxy groups -OCH3 is 1. The van der Waals surface area contributed by atoms with Crippen molar-refractivity contribution in [1.82, 2.24) is 9.97 Å². The van der Waals surface area contributed by atoms with Gasteiger partial charge < -0.3 is 15.4 Å². The van der Waals surface area contributed by atoms with Crippen molar-refractivity contribution in [3.63, 3.8) is 0 Å². The summed E-state index contributed by atoms with van der Waals surface area (Å²) in [5, 5.41) is 6.28. The molecule has 1 heterocycles. The van der Waals surface area contributed by atoms with Crippen LogP contribution in [0, 0.1) is 12.7 Å². The van der Waals surface area contributed by atoms with Gasteiger partial charge >= 0.3 is 5.97 Å². The Hall–Kier alpha value is -3.19. The Morgan fingerprint density at radius 1 is 1.07 bits per heavy atom. The van der Waals surface area contributed by atoms with Gasteiger partial charge in [0.1, 0.15) is 11.6 Å². The van der Waals surface area contributed by atoms with Crippen molar-refractivity contribution in [1.29, 1.82) is 0 Å². The van der Waals surface area contributed by atoms with E-state index in [1.165, 1.54) is 13.2 Å². The van der Waals surface area contributed by atoms with E-state index in [2.05, 4.69) is 20.6 Å². The smallest absolute Gasteiger partial charge is 0.337 e. The summed E-state index contributed by atoms with van der Waals surface area (Å²) in [6.07, 6.45) is 0. The number of aromatic nitrogens is 2. The molecule has 0 unspecified atom stereocenters. The lowest BCUT2D eigenvalue weighted by molar-refractivity contribution is 0.0601. The van der Waals surface area contributed by atoms with E-state index in [9.17, 15) is 9.18 Å². The number of aryl methyl sites for hydroxylation is 1. The number of halogens is 2. The molecule has 0 saturated carbocycles. The molecule has 0 saturated heterocycles. The first-order valence-corrected chi connectivity index (χ1v) is 8.36. The highest BCUT2D eigenvalue weighted by atomic mass is 35.5. The van der Waals surface area contributed by atoms with E-state index in [0.717, 1.165) is 0 Å². The molecule has 3 aromatic rings. The summed E-state index contributed by atoms with van der Waals surface area (Å²) in [6.45, 7) is 1.78. The van der Waals surface area contributed by atoms with Crippen molar-refractivity contribution in [2.75, 3.05) is 17.7 Å². The highest BCUT2D eigenvalue weighted by Gasteiger charge is 2.11. The highest BCUT2D eigenvalue weighted by Crippen LogP contribution is 2.27. The van der Waals surface area contributed by atoms with Crippen LogP contribution in [0.15, 0.2) is 48.5 Å². The van der Waals surface area contributed by atoms with Crippen LogP contribution < -0.4 is 10.6 Å². The standard InChI is InChI=1S/C19H16ClFN4O2/c1-11-9-17(23-15-6-4-3-5-14(15)21)25-19(22-11)24-16-10-12(18(26)27-2)7-8-13(16)20/h3-10H,1-2H3,(H2,22,23,24,25). The van der Waals surface area contributed by atoms with Crippen LogP contribution in [-0.4, -0.2) is 23.0 Å². The van der Waals surface area contributed by atoms with Gasteiger partial charge in [-0.05, 0) is 37.3 Å². The molecule has 0 aliphatic carbocycles. The molecule has 27 heavy (non-hydrogen) atoms. The first kappa shape index (κ1) is 18.6. The van der Waals surface area contributed by atoms with Crippen molar-refractivity contribution >= 4 is 40.7 Å². The third kappa shape index (κ3) is 4.51. The molecule has 0 aliphatic rings. The van der Waals surface area contributed by atoms with E-state index in [-0.39, 0.29) is 5.95 Å². The average molecular weight is 387 g/mol. The second-order valence-corrected chi connectivity index (χ2v) is 6.04. The van der Waals surface area contributed by atoms with Gasteiger partial charge in [-0.1, -0.05) is 23.7 Å². The van der Waals surface area contributed by atoms with Crippen molar-refractivity contribution in [3.8, 4) is 0 Å². The van der Waals surface area contributed by atoms with Crippen LogP contribution in [0.3, 0.4) is 0 Å². The number of nitrogens with zero attached hydrogens (tertiary/aromatic N) is 2. The molecule has 1 aromatic heterocycles. The Bertz CT molecular complexity index is 997. The Kier molecular flexibility index (Phi) is 5.52. The molecule has 0 bridgehead atoms. The second kappa shape index (κ2) is 8.01. The van der Waals surface area contributed by atoms with Crippen LogP contribution in [0.4, 0.5) is 27.5 Å². The maximum absolute atomic E-state index is 13.8. The van der Waals surface area contributed by atoms with Crippen LogP contribution in [0.25, 0.3) is 0 Å². The van der Waals surface area contributed by atoms with Gasteiger partial charge in [0.25, 0.3) is 0 Å². The van der Waals surface area contributed by atoms with Crippen molar-refractivity contribution in [2.45, 2.75) is 6.92 Å². The molecule has 0 aliphatic heterocycles. The first-order chi connectivity index (χ1) is 13.0. The molecule has 3 rings (SSSR count). The van der Waals surface area contributed by atoms with E-state index >= 15 is 0 Å². The SMILES string of the molecule is COC(=O)c1ccc(Cl)c(Nc2nc(C)cc(Nc3ccccc3F)n2)c1. The summed E-state index contributed by atoms with van der Waals surface area (Å²) in [5.41, 5.74) is 1.74. The molecule has 0 radical (unpaired) electrons. The zero-order valence-corrected chi connectivity index (χ0v) is 15.3. The predicted octanol–water partition coefficient (Wildman–Crippen LogP) is 4.85. The van der Waals surface area contributed by atoms with E-state index < -0.39 is 11.8 Å². The minimum Gasteiger partial charge on any atom is -0.465 e. The summed E-state index contributed by atoms with van der Waals surface area (Å²) in [4.78, 5) is 20.3. The minimum atomic E-state index is -0.484. The van der Waals surface area contributed by atoms with Gasteiger partial charge in [-0.3, -0.25) is 0 Å². The zero-order chi connectivity index (χ0) is 19.4. The van der Waals surface area contributed by atoms with Crippen LogP contribution >= 0.6 is 11.6 Å². The van der Waals surface area contributed by atoms with Gasteiger partial charge in [0.15, 0.2) is 0 Å². The van der Waals surface area contributed by atoms with Crippen LogP contribution in [0.2, 0.25) is 5.02 Å². The largest absolute Gasteiger partial charge is 0.465 e. The number of nitrogens with one attached hydrogen (secondary N) is 2. The fourth-order valence-corrected chi connectivity index (χ4v) is 2.54. The number of carbonyl (C=O) groups is 1. The van der Waals surface area contributed by atoms with Crippen LogP contribution in [-0.2, 0) is 4.74 Å². The summed E-state index contributed by atoms with van der Waals surface area (Å²) < 4.78 is 18.6. The lowest BCUT2D eigenvalue weighted by atomic mass is 10.2. The molecule has 0 fully saturated rings. The number of carbonyl (C=O) groups excluding carboxylic acids is 1.